The van der Waals surface area contributed by atoms with E-state index in [-0.39, 0.29) is 17.1 Å². The maximum Gasteiger partial charge on any atom is 0.326 e. The molecule has 0 fully saturated rings. The van der Waals surface area contributed by atoms with Gasteiger partial charge in [-0.25, -0.2) is 4.79 Å². The van der Waals surface area contributed by atoms with E-state index >= 15 is 0 Å². The molecule has 4 rings (SSSR count). The van der Waals surface area contributed by atoms with Gasteiger partial charge in [0.15, 0.2) is 10.8 Å². The van der Waals surface area contributed by atoms with Gasteiger partial charge >= 0.3 is 5.69 Å². The Morgan fingerprint density at radius 3 is 2.78 bits per heavy atom. The molecule has 3 aromatic heterocycles. The number of imidazole rings is 1. The zero-order valence-corrected chi connectivity index (χ0v) is 15.8. The Balaban J connectivity index is 1.61. The first-order chi connectivity index (χ1) is 12.8. The van der Waals surface area contributed by atoms with Crippen molar-refractivity contribution >= 4 is 33.4 Å². The molecule has 0 saturated heterocycles. The molecule has 4 aromatic rings. The average Bonchev–Trinajstić information content (AvgIpc) is 3.31. The largest absolute Gasteiger partial charge is 0.462 e. The Bertz CT molecular complexity index is 1180. The normalized spacial score (nSPS) is 11.8. The predicted molar refractivity (Wildman–Crippen MR) is 103 cm³/mol. The van der Waals surface area contributed by atoms with Crippen LogP contribution in [0.25, 0.3) is 21.8 Å². The molecular weight excluding hydrogens is 366 g/mol. The van der Waals surface area contributed by atoms with Crippen molar-refractivity contribution in [1.29, 1.82) is 0 Å². The van der Waals surface area contributed by atoms with Gasteiger partial charge in [-0.05, 0) is 51.1 Å². The molecule has 0 aliphatic carbocycles. The number of hydrogen-bond donors (Lipinski definition) is 2. The van der Waals surface area contributed by atoms with Crippen LogP contribution in [0.1, 0.15) is 31.1 Å². The Morgan fingerprint density at radius 2 is 2.07 bits per heavy atom. The molecule has 0 atom stereocenters. The number of rotatable bonds is 3. The highest BCUT2D eigenvalue weighted by molar-refractivity contribution is 7.18. The number of carbonyl (C=O) groups is 1. The summed E-state index contributed by atoms with van der Waals surface area (Å²) in [5, 5.41) is 11.6. The van der Waals surface area contributed by atoms with Gasteiger partial charge in [-0.1, -0.05) is 11.3 Å². The fraction of sp³-hybridized carbons (Fsp3) is 0.222. The fourth-order valence-corrected chi connectivity index (χ4v) is 3.57. The van der Waals surface area contributed by atoms with E-state index in [0.29, 0.717) is 27.0 Å². The number of nitrogens with one attached hydrogen (secondary N) is 2. The standard InChI is InChI=1S/C18H17N5O3S/c1-18(2,3)23-12-7-6-10(9-11(12)19-17(23)25)14(24)20-16-22-21-15(27-16)13-5-4-8-26-13/h4-9H,1-3H3,(H,19,25)(H,20,22,24). The number of amides is 1. The van der Waals surface area contributed by atoms with E-state index in [4.69, 9.17) is 4.42 Å². The van der Waals surface area contributed by atoms with Crippen LogP contribution >= 0.6 is 11.3 Å². The maximum atomic E-state index is 12.5. The zero-order valence-electron chi connectivity index (χ0n) is 14.9. The van der Waals surface area contributed by atoms with E-state index < -0.39 is 0 Å². The summed E-state index contributed by atoms with van der Waals surface area (Å²) < 4.78 is 6.94. The van der Waals surface area contributed by atoms with Gasteiger partial charge in [0.1, 0.15) is 0 Å². The van der Waals surface area contributed by atoms with Gasteiger partial charge in [0.2, 0.25) is 5.13 Å². The highest BCUT2D eigenvalue weighted by Gasteiger charge is 2.20. The van der Waals surface area contributed by atoms with Crippen LogP contribution in [0.3, 0.4) is 0 Å². The first kappa shape index (κ1) is 17.2. The second-order valence-electron chi connectivity index (χ2n) is 7.01. The number of anilines is 1. The van der Waals surface area contributed by atoms with Crippen LogP contribution in [0.2, 0.25) is 0 Å². The van der Waals surface area contributed by atoms with Crippen LogP contribution in [0.4, 0.5) is 5.13 Å². The van der Waals surface area contributed by atoms with E-state index in [1.807, 2.05) is 20.8 Å². The number of nitrogens with zero attached hydrogens (tertiary/aromatic N) is 3. The van der Waals surface area contributed by atoms with Crippen LogP contribution in [0, 0.1) is 0 Å². The lowest BCUT2D eigenvalue weighted by Crippen LogP contribution is -2.31. The Hall–Kier alpha value is -3.20. The molecule has 0 saturated carbocycles. The Labute approximate surface area is 157 Å². The minimum absolute atomic E-state index is 0.206. The average molecular weight is 383 g/mol. The minimum Gasteiger partial charge on any atom is -0.462 e. The van der Waals surface area contributed by atoms with Crippen molar-refractivity contribution in [3.05, 3.63) is 52.6 Å². The topological polar surface area (TPSA) is 106 Å². The number of aromatic amines is 1. The summed E-state index contributed by atoms with van der Waals surface area (Å²) in [6.45, 7) is 5.86. The van der Waals surface area contributed by atoms with Crippen LogP contribution < -0.4 is 11.0 Å². The van der Waals surface area contributed by atoms with Crippen molar-refractivity contribution in [1.82, 2.24) is 19.7 Å². The van der Waals surface area contributed by atoms with Gasteiger partial charge < -0.3 is 9.40 Å². The molecule has 3 heterocycles. The van der Waals surface area contributed by atoms with Crippen molar-refractivity contribution in [2.75, 3.05) is 5.32 Å². The molecule has 0 spiro atoms. The van der Waals surface area contributed by atoms with Crippen molar-refractivity contribution < 1.29 is 9.21 Å². The molecule has 2 N–H and O–H groups in total. The molecule has 138 valence electrons. The summed E-state index contributed by atoms with van der Waals surface area (Å²) in [7, 11) is 0. The van der Waals surface area contributed by atoms with Gasteiger partial charge in [0.05, 0.1) is 17.3 Å². The third-order valence-corrected chi connectivity index (χ3v) is 4.85. The number of hydrogen-bond acceptors (Lipinski definition) is 6. The lowest BCUT2D eigenvalue weighted by atomic mass is 10.1. The van der Waals surface area contributed by atoms with Crippen LogP contribution in [-0.2, 0) is 5.54 Å². The number of carbonyl (C=O) groups excluding carboxylic acids is 1. The molecule has 9 heteroatoms. The lowest BCUT2D eigenvalue weighted by molar-refractivity contribution is 0.102. The van der Waals surface area contributed by atoms with Gasteiger partial charge in [0.25, 0.3) is 5.91 Å². The second kappa shape index (κ2) is 6.20. The second-order valence-corrected chi connectivity index (χ2v) is 7.99. The molecule has 27 heavy (non-hydrogen) atoms. The number of fused-ring (bicyclic) bond motifs is 1. The molecule has 0 aliphatic heterocycles. The summed E-state index contributed by atoms with van der Waals surface area (Å²) in [5.74, 6) is 0.263. The molecule has 1 amide bonds. The quantitative estimate of drug-likeness (QED) is 0.564. The summed E-state index contributed by atoms with van der Waals surface area (Å²) in [6, 6.07) is 8.64. The fourth-order valence-electron chi connectivity index (χ4n) is 2.86. The number of benzene rings is 1. The summed E-state index contributed by atoms with van der Waals surface area (Å²) >= 11 is 1.22. The van der Waals surface area contributed by atoms with Crippen molar-refractivity contribution in [3.63, 3.8) is 0 Å². The number of H-pyrrole nitrogens is 1. The molecule has 0 aliphatic rings. The van der Waals surface area contributed by atoms with E-state index in [0.717, 1.165) is 5.52 Å². The van der Waals surface area contributed by atoms with Crippen LogP contribution in [0.5, 0.6) is 0 Å². The van der Waals surface area contributed by atoms with Crippen molar-refractivity contribution in [2.45, 2.75) is 26.3 Å². The first-order valence-electron chi connectivity index (χ1n) is 8.27. The molecule has 0 bridgehead atoms. The highest BCUT2D eigenvalue weighted by Crippen LogP contribution is 2.27. The van der Waals surface area contributed by atoms with Gasteiger partial charge in [-0.3, -0.25) is 14.7 Å². The summed E-state index contributed by atoms with van der Waals surface area (Å²) in [5.41, 5.74) is 1.20. The van der Waals surface area contributed by atoms with Gasteiger partial charge in [0, 0.05) is 11.1 Å². The smallest absolute Gasteiger partial charge is 0.326 e. The maximum absolute atomic E-state index is 12.5. The molecular formula is C18H17N5O3S. The minimum atomic E-state index is -0.367. The third kappa shape index (κ3) is 3.17. The highest BCUT2D eigenvalue weighted by atomic mass is 32.1. The molecule has 1 aromatic carbocycles. The van der Waals surface area contributed by atoms with Crippen molar-refractivity contribution in [2.24, 2.45) is 0 Å². The molecule has 0 radical (unpaired) electrons. The van der Waals surface area contributed by atoms with E-state index in [1.54, 1.807) is 41.2 Å². The Morgan fingerprint density at radius 1 is 1.26 bits per heavy atom. The molecule has 8 nitrogen and oxygen atoms in total. The van der Waals surface area contributed by atoms with Crippen LogP contribution in [0.15, 0.2) is 45.8 Å². The van der Waals surface area contributed by atoms with Gasteiger partial charge in [-0.15, -0.1) is 10.2 Å². The summed E-state index contributed by atoms with van der Waals surface area (Å²) in [6.07, 6.45) is 1.55. The van der Waals surface area contributed by atoms with Gasteiger partial charge in [-0.2, -0.15) is 0 Å². The van der Waals surface area contributed by atoms with E-state index in [9.17, 15) is 9.59 Å². The SMILES string of the molecule is CC(C)(C)n1c(=O)[nH]c2cc(C(=O)Nc3nnc(-c4ccco4)s3)ccc21. The van der Waals surface area contributed by atoms with Crippen LogP contribution in [-0.4, -0.2) is 25.7 Å². The molecule has 0 unspecified atom stereocenters. The first-order valence-corrected chi connectivity index (χ1v) is 9.08. The monoisotopic (exact) mass is 383 g/mol. The lowest BCUT2D eigenvalue weighted by Gasteiger charge is -2.20. The third-order valence-electron chi connectivity index (χ3n) is 3.99. The van der Waals surface area contributed by atoms with E-state index in [1.165, 1.54) is 11.3 Å². The summed E-state index contributed by atoms with van der Waals surface area (Å²) in [4.78, 5) is 27.6. The zero-order chi connectivity index (χ0) is 19.2. The predicted octanol–water partition coefficient (Wildman–Crippen LogP) is 3.45. The Kier molecular flexibility index (Phi) is 3.96. The van der Waals surface area contributed by atoms with Crippen molar-refractivity contribution in [3.8, 4) is 10.8 Å². The number of furan rings is 1. The number of aromatic nitrogens is 4. The van der Waals surface area contributed by atoms with E-state index in [2.05, 4.69) is 20.5 Å².